The largest absolute Gasteiger partial charge is 0.342 e. The van der Waals surface area contributed by atoms with E-state index in [1.807, 2.05) is 0 Å². The molecule has 0 aromatic carbocycles. The second-order valence-electron chi connectivity index (χ2n) is 5.44. The Morgan fingerprint density at radius 2 is 2.06 bits per heavy atom. The molecule has 2 rings (SSSR count). The Hall–Kier alpha value is -0.570. The van der Waals surface area contributed by atoms with E-state index in [1.165, 1.54) is 19.3 Å². The number of hydrogen-bond donors (Lipinski definition) is 1. The molecule has 0 bridgehead atoms. The van der Waals surface area contributed by atoms with Gasteiger partial charge in [0.1, 0.15) is 0 Å². The Labute approximate surface area is 98.4 Å². The molecule has 2 saturated carbocycles. The van der Waals surface area contributed by atoms with Crippen LogP contribution in [-0.4, -0.2) is 29.9 Å². The van der Waals surface area contributed by atoms with Crippen molar-refractivity contribution in [3.63, 3.8) is 0 Å². The standard InChI is InChI=1S/C13H24N2O/c1-2-15(9-10-4-3-5-10)13(16)11-6-7-12(14)8-11/h10-12H,2-9,14H2,1H3. The van der Waals surface area contributed by atoms with E-state index < -0.39 is 0 Å². The highest BCUT2D eigenvalue weighted by Gasteiger charge is 2.32. The minimum absolute atomic E-state index is 0.218. The summed E-state index contributed by atoms with van der Waals surface area (Å²) in [6, 6.07) is 0.261. The molecule has 2 aliphatic carbocycles. The summed E-state index contributed by atoms with van der Waals surface area (Å²) in [5.41, 5.74) is 5.87. The van der Waals surface area contributed by atoms with Crippen LogP contribution in [0.4, 0.5) is 0 Å². The van der Waals surface area contributed by atoms with Crippen LogP contribution in [0, 0.1) is 11.8 Å². The third-order valence-electron chi connectivity index (χ3n) is 4.22. The van der Waals surface area contributed by atoms with Gasteiger partial charge in [0.25, 0.3) is 0 Å². The lowest BCUT2D eigenvalue weighted by Crippen LogP contribution is -2.40. The van der Waals surface area contributed by atoms with Gasteiger partial charge < -0.3 is 10.6 Å². The second-order valence-corrected chi connectivity index (χ2v) is 5.44. The molecule has 3 nitrogen and oxygen atoms in total. The van der Waals surface area contributed by atoms with E-state index in [4.69, 9.17) is 5.73 Å². The van der Waals surface area contributed by atoms with E-state index in [9.17, 15) is 4.79 Å². The first-order chi connectivity index (χ1) is 7.70. The van der Waals surface area contributed by atoms with Crippen LogP contribution in [-0.2, 0) is 4.79 Å². The van der Waals surface area contributed by atoms with E-state index in [2.05, 4.69) is 11.8 Å². The van der Waals surface area contributed by atoms with Crippen LogP contribution in [0.5, 0.6) is 0 Å². The van der Waals surface area contributed by atoms with E-state index in [0.29, 0.717) is 5.91 Å². The molecule has 0 heterocycles. The molecule has 0 aromatic heterocycles. The Kier molecular flexibility index (Phi) is 3.85. The smallest absolute Gasteiger partial charge is 0.225 e. The van der Waals surface area contributed by atoms with Crippen molar-refractivity contribution in [2.75, 3.05) is 13.1 Å². The Morgan fingerprint density at radius 1 is 1.31 bits per heavy atom. The summed E-state index contributed by atoms with van der Waals surface area (Å²) in [4.78, 5) is 14.3. The van der Waals surface area contributed by atoms with Crippen molar-refractivity contribution in [2.24, 2.45) is 17.6 Å². The van der Waals surface area contributed by atoms with Gasteiger partial charge in [-0.2, -0.15) is 0 Å². The van der Waals surface area contributed by atoms with Crippen molar-refractivity contribution in [3.05, 3.63) is 0 Å². The SMILES string of the molecule is CCN(CC1CCC1)C(=O)C1CCC(N)C1. The second kappa shape index (κ2) is 5.17. The zero-order chi connectivity index (χ0) is 11.5. The molecule has 0 aromatic rings. The number of nitrogens with zero attached hydrogens (tertiary/aromatic N) is 1. The molecule has 92 valence electrons. The highest BCUT2D eigenvalue weighted by Crippen LogP contribution is 2.30. The Morgan fingerprint density at radius 3 is 2.50 bits per heavy atom. The fourth-order valence-corrected chi connectivity index (χ4v) is 2.86. The van der Waals surface area contributed by atoms with Crippen molar-refractivity contribution in [3.8, 4) is 0 Å². The molecule has 1 amide bonds. The summed E-state index contributed by atoms with van der Waals surface area (Å²) in [6.07, 6.45) is 6.91. The fraction of sp³-hybridized carbons (Fsp3) is 0.923. The number of carbonyl (C=O) groups is 1. The minimum Gasteiger partial charge on any atom is -0.342 e. The summed E-state index contributed by atoms with van der Waals surface area (Å²) in [6.45, 7) is 3.94. The normalized spacial score (nSPS) is 30.1. The van der Waals surface area contributed by atoms with E-state index in [-0.39, 0.29) is 12.0 Å². The lowest BCUT2D eigenvalue weighted by atomic mass is 9.85. The molecule has 2 fully saturated rings. The van der Waals surface area contributed by atoms with Gasteiger partial charge in [-0.05, 0) is 44.9 Å². The lowest BCUT2D eigenvalue weighted by Gasteiger charge is -2.33. The van der Waals surface area contributed by atoms with Crippen LogP contribution in [0.1, 0.15) is 45.4 Å². The van der Waals surface area contributed by atoms with E-state index in [1.54, 1.807) is 0 Å². The average molecular weight is 224 g/mol. The van der Waals surface area contributed by atoms with Crippen molar-refractivity contribution >= 4 is 5.91 Å². The van der Waals surface area contributed by atoms with Gasteiger partial charge in [0, 0.05) is 25.0 Å². The van der Waals surface area contributed by atoms with Crippen LogP contribution in [0.3, 0.4) is 0 Å². The molecule has 0 spiro atoms. The number of hydrogen-bond acceptors (Lipinski definition) is 2. The first-order valence-corrected chi connectivity index (χ1v) is 6.75. The molecule has 2 atom stereocenters. The lowest BCUT2D eigenvalue weighted by molar-refractivity contribution is -0.136. The summed E-state index contributed by atoms with van der Waals surface area (Å²) < 4.78 is 0. The quantitative estimate of drug-likeness (QED) is 0.791. The molecule has 16 heavy (non-hydrogen) atoms. The van der Waals surface area contributed by atoms with Crippen LogP contribution >= 0.6 is 0 Å². The van der Waals surface area contributed by atoms with Gasteiger partial charge >= 0.3 is 0 Å². The maximum Gasteiger partial charge on any atom is 0.225 e. The van der Waals surface area contributed by atoms with Gasteiger partial charge in [-0.15, -0.1) is 0 Å². The molecule has 0 saturated heterocycles. The number of carbonyl (C=O) groups excluding carboxylic acids is 1. The third kappa shape index (κ3) is 2.57. The average Bonchev–Trinajstić information content (AvgIpc) is 2.63. The topological polar surface area (TPSA) is 46.3 Å². The van der Waals surface area contributed by atoms with Crippen molar-refractivity contribution < 1.29 is 4.79 Å². The van der Waals surface area contributed by atoms with Crippen LogP contribution in [0.2, 0.25) is 0 Å². The highest BCUT2D eigenvalue weighted by atomic mass is 16.2. The third-order valence-corrected chi connectivity index (χ3v) is 4.22. The van der Waals surface area contributed by atoms with E-state index >= 15 is 0 Å². The predicted octanol–water partition coefficient (Wildman–Crippen LogP) is 1.76. The van der Waals surface area contributed by atoms with Gasteiger partial charge in [-0.1, -0.05) is 6.42 Å². The van der Waals surface area contributed by atoms with Crippen LogP contribution in [0.15, 0.2) is 0 Å². The summed E-state index contributed by atoms with van der Waals surface area (Å²) in [5, 5.41) is 0. The molecule has 0 radical (unpaired) electrons. The summed E-state index contributed by atoms with van der Waals surface area (Å²) >= 11 is 0. The van der Waals surface area contributed by atoms with Crippen molar-refractivity contribution in [1.82, 2.24) is 4.90 Å². The summed E-state index contributed by atoms with van der Waals surface area (Å²) in [5.74, 6) is 1.36. The molecular weight excluding hydrogens is 200 g/mol. The number of nitrogens with two attached hydrogens (primary N) is 1. The van der Waals surface area contributed by atoms with Gasteiger partial charge in [0.15, 0.2) is 0 Å². The van der Waals surface area contributed by atoms with Crippen molar-refractivity contribution in [1.29, 1.82) is 0 Å². The van der Waals surface area contributed by atoms with E-state index in [0.717, 1.165) is 38.3 Å². The van der Waals surface area contributed by atoms with Gasteiger partial charge in [-0.25, -0.2) is 0 Å². The maximum atomic E-state index is 12.3. The minimum atomic E-state index is 0.218. The van der Waals surface area contributed by atoms with Gasteiger partial charge in [0.05, 0.1) is 0 Å². The number of amides is 1. The first kappa shape index (κ1) is 11.9. The zero-order valence-corrected chi connectivity index (χ0v) is 10.3. The molecule has 2 aliphatic rings. The number of rotatable bonds is 4. The predicted molar refractivity (Wildman–Crippen MR) is 64.9 cm³/mol. The van der Waals surface area contributed by atoms with Gasteiger partial charge in [0.2, 0.25) is 5.91 Å². The fourth-order valence-electron chi connectivity index (χ4n) is 2.86. The summed E-state index contributed by atoms with van der Waals surface area (Å²) in [7, 11) is 0. The van der Waals surface area contributed by atoms with Crippen LogP contribution < -0.4 is 5.73 Å². The van der Waals surface area contributed by atoms with Gasteiger partial charge in [-0.3, -0.25) is 4.79 Å². The monoisotopic (exact) mass is 224 g/mol. The Balaban J connectivity index is 1.84. The zero-order valence-electron chi connectivity index (χ0n) is 10.3. The molecule has 2 N–H and O–H groups in total. The maximum absolute atomic E-state index is 12.3. The van der Waals surface area contributed by atoms with Crippen molar-refractivity contribution in [2.45, 2.75) is 51.5 Å². The molecule has 0 aliphatic heterocycles. The molecule has 2 unspecified atom stereocenters. The van der Waals surface area contributed by atoms with Crippen LogP contribution in [0.25, 0.3) is 0 Å². The Bertz CT molecular complexity index is 250. The highest BCUT2D eigenvalue weighted by molar-refractivity contribution is 5.79. The molecular formula is C13H24N2O. The molecule has 3 heteroatoms. The first-order valence-electron chi connectivity index (χ1n) is 6.75.